The first kappa shape index (κ1) is 20.1. The van der Waals surface area contributed by atoms with Crippen LogP contribution in [0, 0.1) is 0 Å². The molecule has 0 atom stereocenters. The smallest absolute Gasteiger partial charge is 0.336 e. The summed E-state index contributed by atoms with van der Waals surface area (Å²) in [5.41, 5.74) is -3.15. The topological polar surface area (TPSA) is 158 Å². The van der Waals surface area contributed by atoms with E-state index in [1.54, 1.807) is 0 Å². The first-order chi connectivity index (χ1) is 10.7. The van der Waals surface area contributed by atoms with Crippen LogP contribution in [-0.2, 0) is 4.74 Å². The summed E-state index contributed by atoms with van der Waals surface area (Å²) in [4.78, 5) is 43.1. The minimum atomic E-state index is -1.66. The van der Waals surface area contributed by atoms with Gasteiger partial charge in [-0.25, -0.2) is 19.2 Å². The van der Waals surface area contributed by atoms with E-state index in [9.17, 15) is 19.2 Å². The van der Waals surface area contributed by atoms with Crippen LogP contribution in [0.25, 0.3) is 0 Å². The van der Waals surface area contributed by atoms with Gasteiger partial charge in [-0.05, 0) is 26.0 Å². The van der Waals surface area contributed by atoms with Gasteiger partial charge in [-0.1, -0.05) is 0 Å². The fraction of sp³-hybridized carbons (Fsp3) is 0.286. The van der Waals surface area contributed by atoms with Gasteiger partial charge < -0.3 is 25.2 Å². The van der Waals surface area contributed by atoms with Crippen molar-refractivity contribution in [2.45, 2.75) is 13.8 Å². The molecular formula is C14H16O9. The lowest BCUT2D eigenvalue weighted by atomic mass is 9.98. The van der Waals surface area contributed by atoms with Gasteiger partial charge in [-0.3, -0.25) is 0 Å². The summed E-state index contributed by atoms with van der Waals surface area (Å²) in [6, 6.07) is 1.02. The van der Waals surface area contributed by atoms with E-state index in [-0.39, 0.29) is 0 Å². The molecule has 23 heavy (non-hydrogen) atoms. The van der Waals surface area contributed by atoms with E-state index >= 15 is 0 Å². The van der Waals surface area contributed by atoms with Crippen molar-refractivity contribution in [3.05, 3.63) is 34.4 Å². The largest absolute Gasteiger partial charge is 0.478 e. The Morgan fingerprint density at radius 3 is 1.00 bits per heavy atom. The molecule has 9 nitrogen and oxygen atoms in total. The molecule has 0 fully saturated rings. The van der Waals surface area contributed by atoms with Crippen molar-refractivity contribution < 1.29 is 44.3 Å². The van der Waals surface area contributed by atoms with Crippen molar-refractivity contribution in [1.82, 2.24) is 0 Å². The minimum Gasteiger partial charge on any atom is -0.478 e. The Balaban J connectivity index is 0.000000841. The van der Waals surface area contributed by atoms with Gasteiger partial charge in [0, 0.05) is 13.2 Å². The zero-order valence-corrected chi connectivity index (χ0v) is 12.4. The molecular weight excluding hydrogens is 312 g/mol. The first-order valence-corrected chi connectivity index (χ1v) is 6.36. The summed E-state index contributed by atoms with van der Waals surface area (Å²) in [6.45, 7) is 5.67. The summed E-state index contributed by atoms with van der Waals surface area (Å²) < 4.78 is 4.83. The Bertz CT molecular complexity index is 519. The second-order valence-corrected chi connectivity index (χ2v) is 3.95. The number of benzene rings is 1. The standard InChI is InChI=1S/C10H6O8.C4H10O/c11-7(12)3-1-4(8(13)14)6(10(17)18)2-5(3)9(15)16;1-3-5-4-2/h1-2H,(H,11,12)(H,13,14)(H,15,16)(H,17,18);3-4H2,1-2H3. The van der Waals surface area contributed by atoms with Crippen molar-refractivity contribution >= 4 is 23.9 Å². The lowest BCUT2D eigenvalue weighted by Gasteiger charge is -2.06. The van der Waals surface area contributed by atoms with E-state index in [0.29, 0.717) is 12.1 Å². The lowest BCUT2D eigenvalue weighted by molar-refractivity contribution is 0.0637. The summed E-state index contributed by atoms with van der Waals surface area (Å²) in [5, 5.41) is 35.0. The highest BCUT2D eigenvalue weighted by molar-refractivity contribution is 6.09. The molecule has 0 spiro atoms. The third-order valence-electron chi connectivity index (χ3n) is 2.49. The fourth-order valence-corrected chi connectivity index (χ4v) is 1.51. The molecule has 0 aliphatic heterocycles. The zero-order valence-electron chi connectivity index (χ0n) is 12.4. The number of carbonyl (C=O) groups is 4. The van der Waals surface area contributed by atoms with E-state index in [1.165, 1.54) is 0 Å². The van der Waals surface area contributed by atoms with E-state index in [4.69, 9.17) is 25.2 Å². The monoisotopic (exact) mass is 328 g/mol. The molecule has 0 saturated carbocycles. The molecule has 0 aromatic heterocycles. The maximum Gasteiger partial charge on any atom is 0.336 e. The number of rotatable bonds is 6. The van der Waals surface area contributed by atoms with Crippen LogP contribution in [0.3, 0.4) is 0 Å². The van der Waals surface area contributed by atoms with Gasteiger partial charge >= 0.3 is 23.9 Å². The highest BCUT2D eigenvalue weighted by atomic mass is 16.5. The molecule has 0 unspecified atom stereocenters. The Labute approximate surface area is 130 Å². The van der Waals surface area contributed by atoms with Crippen LogP contribution in [0.4, 0.5) is 0 Å². The summed E-state index contributed by atoms with van der Waals surface area (Å²) in [7, 11) is 0. The molecule has 1 rings (SSSR count). The maximum atomic E-state index is 10.8. The normalized spacial score (nSPS) is 9.48. The van der Waals surface area contributed by atoms with Gasteiger partial charge in [0.25, 0.3) is 0 Å². The number of hydrogen-bond donors (Lipinski definition) is 4. The van der Waals surface area contributed by atoms with Crippen molar-refractivity contribution in [3.8, 4) is 0 Å². The average Bonchev–Trinajstić information content (AvgIpc) is 2.46. The van der Waals surface area contributed by atoms with Crippen molar-refractivity contribution in [2.24, 2.45) is 0 Å². The van der Waals surface area contributed by atoms with Crippen LogP contribution in [0.1, 0.15) is 55.3 Å². The molecule has 126 valence electrons. The van der Waals surface area contributed by atoms with Crippen LogP contribution in [0.15, 0.2) is 12.1 Å². The van der Waals surface area contributed by atoms with Crippen molar-refractivity contribution in [3.63, 3.8) is 0 Å². The molecule has 1 aromatic carbocycles. The van der Waals surface area contributed by atoms with E-state index in [2.05, 4.69) is 0 Å². The predicted octanol–water partition coefficient (Wildman–Crippen LogP) is 1.52. The highest BCUT2D eigenvalue weighted by Crippen LogP contribution is 2.18. The third kappa shape index (κ3) is 5.75. The van der Waals surface area contributed by atoms with Gasteiger partial charge in [0.05, 0.1) is 22.3 Å². The zero-order chi connectivity index (χ0) is 18.2. The van der Waals surface area contributed by atoms with Gasteiger partial charge in [0.15, 0.2) is 0 Å². The Morgan fingerprint density at radius 2 is 0.913 bits per heavy atom. The molecule has 0 saturated heterocycles. The molecule has 0 bridgehead atoms. The first-order valence-electron chi connectivity index (χ1n) is 6.36. The fourth-order valence-electron chi connectivity index (χ4n) is 1.51. The van der Waals surface area contributed by atoms with Crippen LogP contribution in [-0.4, -0.2) is 57.5 Å². The molecule has 0 aliphatic rings. The van der Waals surface area contributed by atoms with Crippen LogP contribution in [0.2, 0.25) is 0 Å². The highest BCUT2D eigenvalue weighted by Gasteiger charge is 2.24. The van der Waals surface area contributed by atoms with Gasteiger partial charge in [0.2, 0.25) is 0 Å². The summed E-state index contributed by atoms with van der Waals surface area (Å²) in [5.74, 6) is -6.64. The van der Waals surface area contributed by atoms with Crippen LogP contribution in [0.5, 0.6) is 0 Å². The third-order valence-corrected chi connectivity index (χ3v) is 2.49. The average molecular weight is 328 g/mol. The number of hydrogen-bond acceptors (Lipinski definition) is 5. The van der Waals surface area contributed by atoms with Crippen LogP contribution < -0.4 is 0 Å². The van der Waals surface area contributed by atoms with Crippen LogP contribution >= 0.6 is 0 Å². The molecule has 1 aromatic rings. The Kier molecular flexibility index (Phi) is 7.98. The van der Waals surface area contributed by atoms with E-state index in [0.717, 1.165) is 13.2 Å². The molecule has 0 heterocycles. The van der Waals surface area contributed by atoms with Gasteiger partial charge in [-0.15, -0.1) is 0 Å². The molecule has 9 heteroatoms. The molecule has 0 amide bonds. The Morgan fingerprint density at radius 1 is 0.696 bits per heavy atom. The van der Waals surface area contributed by atoms with E-state index in [1.807, 2.05) is 13.8 Å². The van der Waals surface area contributed by atoms with Gasteiger partial charge in [0.1, 0.15) is 0 Å². The van der Waals surface area contributed by atoms with Gasteiger partial charge in [-0.2, -0.15) is 0 Å². The Hall–Kier alpha value is -2.94. The van der Waals surface area contributed by atoms with Crippen molar-refractivity contribution in [1.29, 1.82) is 0 Å². The second kappa shape index (κ2) is 9.15. The maximum absolute atomic E-state index is 10.8. The SMILES string of the molecule is CCOCC.O=C(O)c1cc(C(=O)O)c(C(=O)O)cc1C(=O)O. The number of aromatic carboxylic acids is 4. The molecule has 0 radical (unpaired) electrons. The lowest BCUT2D eigenvalue weighted by Crippen LogP contribution is -2.15. The minimum absolute atomic E-state index is 0.511. The summed E-state index contributed by atoms with van der Waals surface area (Å²) >= 11 is 0. The van der Waals surface area contributed by atoms with Crippen molar-refractivity contribution in [2.75, 3.05) is 13.2 Å². The predicted molar refractivity (Wildman–Crippen MR) is 76.4 cm³/mol. The second-order valence-electron chi connectivity index (χ2n) is 3.95. The van der Waals surface area contributed by atoms with E-state index < -0.39 is 46.1 Å². The molecule has 0 aliphatic carbocycles. The quantitative estimate of drug-likeness (QED) is 0.607. The number of carboxylic acids is 4. The number of ether oxygens (including phenoxy) is 1. The number of carboxylic acid groups (broad SMARTS) is 4. The summed E-state index contributed by atoms with van der Waals surface area (Å²) in [6.07, 6.45) is 0. The molecule has 4 N–H and O–H groups in total.